The fraction of sp³-hybridized carbons (Fsp3) is 0.400. The minimum atomic E-state index is -3.61. The molecule has 25 heavy (non-hydrogen) atoms. The Morgan fingerprint density at radius 3 is 2.36 bits per heavy atom. The van der Waals surface area contributed by atoms with E-state index in [1.165, 1.54) is 0 Å². The average Bonchev–Trinajstić information content (AvgIpc) is 2.95. The van der Waals surface area contributed by atoms with Crippen LogP contribution >= 0.6 is 0 Å². The summed E-state index contributed by atoms with van der Waals surface area (Å²) in [6, 6.07) is 16.7. The lowest BCUT2D eigenvalue weighted by Gasteiger charge is -2.28. The molecule has 1 N–H and O–H groups in total. The lowest BCUT2D eigenvalue weighted by Crippen LogP contribution is -2.44. The van der Waals surface area contributed by atoms with E-state index in [0.717, 1.165) is 43.4 Å². The van der Waals surface area contributed by atoms with Crippen molar-refractivity contribution in [1.82, 2.24) is 4.72 Å². The summed E-state index contributed by atoms with van der Waals surface area (Å²) in [6.07, 6.45) is 3.96. The first-order chi connectivity index (χ1) is 12.1. The normalized spacial score (nSPS) is 26.3. The zero-order valence-corrected chi connectivity index (χ0v) is 14.9. The molecular formula is C20H23NO3S. The SMILES string of the molecule is O=S(=O)(NC1CCC2CCC1OC2)c1ccccc1-c1ccccc1. The van der Waals surface area contributed by atoms with Crippen LogP contribution in [0.25, 0.3) is 11.1 Å². The molecule has 2 aromatic carbocycles. The predicted octanol–water partition coefficient (Wildman–Crippen LogP) is 3.59. The molecular weight excluding hydrogens is 334 g/mol. The van der Waals surface area contributed by atoms with Crippen molar-refractivity contribution in [2.75, 3.05) is 6.61 Å². The molecule has 0 amide bonds. The van der Waals surface area contributed by atoms with Gasteiger partial charge in [-0.05, 0) is 43.2 Å². The van der Waals surface area contributed by atoms with E-state index in [4.69, 9.17) is 4.74 Å². The Bertz CT molecular complexity index is 827. The van der Waals surface area contributed by atoms with Crippen molar-refractivity contribution in [1.29, 1.82) is 0 Å². The third-order valence-electron chi connectivity index (χ3n) is 5.31. The van der Waals surface area contributed by atoms with Crippen LogP contribution < -0.4 is 4.72 Å². The van der Waals surface area contributed by atoms with Crippen LogP contribution in [0.3, 0.4) is 0 Å². The Hall–Kier alpha value is -1.69. The van der Waals surface area contributed by atoms with Crippen molar-refractivity contribution < 1.29 is 13.2 Å². The van der Waals surface area contributed by atoms with Crippen LogP contribution in [0.15, 0.2) is 59.5 Å². The molecule has 3 unspecified atom stereocenters. The van der Waals surface area contributed by atoms with Gasteiger partial charge in [0.2, 0.25) is 10.0 Å². The number of hydrogen-bond acceptors (Lipinski definition) is 3. The lowest BCUT2D eigenvalue weighted by atomic mass is 10.00. The number of ether oxygens (including phenoxy) is 1. The van der Waals surface area contributed by atoms with Crippen molar-refractivity contribution in [2.24, 2.45) is 5.92 Å². The fourth-order valence-corrected chi connectivity index (χ4v) is 5.46. The van der Waals surface area contributed by atoms with Crippen LogP contribution in [0.4, 0.5) is 0 Å². The number of sulfonamides is 1. The summed E-state index contributed by atoms with van der Waals surface area (Å²) in [6.45, 7) is 0.767. The topological polar surface area (TPSA) is 55.4 Å². The van der Waals surface area contributed by atoms with Gasteiger partial charge in [0, 0.05) is 18.2 Å². The minimum absolute atomic E-state index is 0.00240. The zero-order chi connectivity index (χ0) is 17.3. The number of benzene rings is 2. The second-order valence-electron chi connectivity index (χ2n) is 6.98. The summed E-state index contributed by atoms with van der Waals surface area (Å²) in [5.74, 6) is 0.586. The molecule has 5 rings (SSSR count). The fourth-order valence-electron chi connectivity index (χ4n) is 3.93. The maximum absolute atomic E-state index is 13.1. The molecule has 3 aliphatic rings. The van der Waals surface area contributed by atoms with Gasteiger partial charge in [-0.3, -0.25) is 0 Å². The summed E-state index contributed by atoms with van der Waals surface area (Å²) in [5.41, 5.74) is 1.64. The van der Waals surface area contributed by atoms with E-state index in [9.17, 15) is 8.42 Å². The first-order valence-electron chi connectivity index (χ1n) is 8.92. The molecule has 2 aliphatic heterocycles. The standard InChI is InChI=1S/C20H23NO3S/c22-25(23,21-18-12-10-15-11-13-19(18)24-14-15)20-9-5-4-8-17(20)16-6-2-1-3-7-16/h1-9,15,18-19,21H,10-14H2. The molecule has 0 spiro atoms. The first-order valence-corrected chi connectivity index (χ1v) is 10.4. The molecule has 0 radical (unpaired) electrons. The molecule has 2 saturated heterocycles. The van der Waals surface area contributed by atoms with Crippen LogP contribution in [0.1, 0.15) is 25.7 Å². The average molecular weight is 357 g/mol. The monoisotopic (exact) mass is 357 g/mol. The molecule has 2 bridgehead atoms. The molecule has 1 aliphatic carbocycles. The summed E-state index contributed by atoms with van der Waals surface area (Å²) in [4.78, 5) is 0.333. The van der Waals surface area contributed by atoms with Crippen molar-refractivity contribution in [2.45, 2.75) is 42.7 Å². The summed E-state index contributed by atoms with van der Waals surface area (Å²) >= 11 is 0. The summed E-state index contributed by atoms with van der Waals surface area (Å²) in [7, 11) is -3.61. The number of fused-ring (bicyclic) bond motifs is 4. The highest BCUT2D eigenvalue weighted by atomic mass is 32.2. The van der Waals surface area contributed by atoms with Crippen molar-refractivity contribution in [3.05, 3.63) is 54.6 Å². The molecule has 2 aromatic rings. The van der Waals surface area contributed by atoms with Gasteiger partial charge in [-0.15, -0.1) is 0 Å². The largest absolute Gasteiger partial charge is 0.376 e. The Morgan fingerprint density at radius 1 is 0.880 bits per heavy atom. The number of hydrogen-bond donors (Lipinski definition) is 1. The lowest BCUT2D eigenvalue weighted by molar-refractivity contribution is -0.0116. The minimum Gasteiger partial charge on any atom is -0.376 e. The predicted molar refractivity (Wildman–Crippen MR) is 97.7 cm³/mol. The molecule has 3 atom stereocenters. The van der Waals surface area contributed by atoms with Gasteiger partial charge < -0.3 is 4.74 Å². The Labute approximate surface area is 149 Å². The van der Waals surface area contributed by atoms with Crippen molar-refractivity contribution >= 4 is 10.0 Å². The summed E-state index contributed by atoms with van der Waals surface area (Å²) in [5, 5.41) is 0. The third-order valence-corrected chi connectivity index (χ3v) is 6.86. The van der Waals surface area contributed by atoms with Gasteiger partial charge >= 0.3 is 0 Å². The zero-order valence-electron chi connectivity index (χ0n) is 14.1. The Balaban J connectivity index is 1.65. The van der Waals surface area contributed by atoms with E-state index in [-0.39, 0.29) is 12.1 Å². The molecule has 3 fully saturated rings. The second-order valence-corrected chi connectivity index (χ2v) is 8.66. The van der Waals surface area contributed by atoms with Crippen LogP contribution in [0, 0.1) is 5.92 Å². The summed E-state index contributed by atoms with van der Waals surface area (Å²) < 4.78 is 35.1. The molecule has 5 heteroatoms. The molecule has 1 saturated carbocycles. The van der Waals surface area contributed by atoms with E-state index in [1.54, 1.807) is 12.1 Å². The smallest absolute Gasteiger partial charge is 0.241 e. The first kappa shape index (κ1) is 16.8. The van der Waals surface area contributed by atoms with Crippen LogP contribution in [-0.4, -0.2) is 27.2 Å². The van der Waals surface area contributed by atoms with Gasteiger partial charge in [0.1, 0.15) is 0 Å². The maximum Gasteiger partial charge on any atom is 0.241 e. The highest BCUT2D eigenvalue weighted by Gasteiger charge is 2.36. The van der Waals surface area contributed by atoms with Gasteiger partial charge in [-0.25, -0.2) is 13.1 Å². The van der Waals surface area contributed by atoms with Crippen LogP contribution in [0.2, 0.25) is 0 Å². The highest BCUT2D eigenvalue weighted by molar-refractivity contribution is 7.89. The van der Waals surface area contributed by atoms with Crippen molar-refractivity contribution in [3.8, 4) is 11.1 Å². The highest BCUT2D eigenvalue weighted by Crippen LogP contribution is 2.33. The Kier molecular flexibility index (Phi) is 4.63. The maximum atomic E-state index is 13.1. The van der Waals surface area contributed by atoms with Gasteiger partial charge in [0.05, 0.1) is 11.0 Å². The van der Waals surface area contributed by atoms with Gasteiger partial charge in [0.15, 0.2) is 0 Å². The molecule has 132 valence electrons. The van der Waals surface area contributed by atoms with E-state index in [1.807, 2.05) is 42.5 Å². The molecule has 0 aromatic heterocycles. The van der Waals surface area contributed by atoms with E-state index in [2.05, 4.69) is 4.72 Å². The number of rotatable bonds is 4. The molecule has 4 nitrogen and oxygen atoms in total. The third kappa shape index (κ3) is 3.50. The van der Waals surface area contributed by atoms with E-state index in [0.29, 0.717) is 10.8 Å². The van der Waals surface area contributed by atoms with Gasteiger partial charge in [-0.2, -0.15) is 0 Å². The number of nitrogens with one attached hydrogen (secondary N) is 1. The van der Waals surface area contributed by atoms with Gasteiger partial charge in [-0.1, -0.05) is 48.5 Å². The molecule has 2 heterocycles. The second kappa shape index (κ2) is 6.90. The van der Waals surface area contributed by atoms with Crippen LogP contribution in [0.5, 0.6) is 0 Å². The van der Waals surface area contributed by atoms with Crippen LogP contribution in [-0.2, 0) is 14.8 Å². The quantitative estimate of drug-likeness (QED) is 0.910. The van der Waals surface area contributed by atoms with E-state index >= 15 is 0 Å². The Morgan fingerprint density at radius 2 is 1.60 bits per heavy atom. The van der Waals surface area contributed by atoms with E-state index < -0.39 is 10.0 Å². The van der Waals surface area contributed by atoms with Crippen molar-refractivity contribution in [3.63, 3.8) is 0 Å². The van der Waals surface area contributed by atoms with Gasteiger partial charge in [0.25, 0.3) is 0 Å².